The third-order valence-corrected chi connectivity index (χ3v) is 2.54. The van der Waals surface area contributed by atoms with Crippen molar-refractivity contribution >= 4 is 17.3 Å². The fraction of sp³-hybridized carbons (Fsp3) is 0.154. The molecule has 0 saturated carbocycles. The first-order valence-electron chi connectivity index (χ1n) is 5.47. The predicted molar refractivity (Wildman–Crippen MR) is 71.2 cm³/mol. The van der Waals surface area contributed by atoms with Crippen molar-refractivity contribution in [3.05, 3.63) is 47.5 Å². The third-order valence-electron chi connectivity index (χ3n) is 2.54. The largest absolute Gasteiger partial charge is 0.340 e. The molecule has 0 aliphatic heterocycles. The summed E-state index contributed by atoms with van der Waals surface area (Å²) in [6.07, 6.45) is 0. The highest BCUT2D eigenvalue weighted by molar-refractivity contribution is 5.62. The van der Waals surface area contributed by atoms with Gasteiger partial charge in [-0.05, 0) is 37.6 Å². The number of aryl methyl sites for hydroxylation is 2. The molecule has 1 heterocycles. The fourth-order valence-corrected chi connectivity index (χ4v) is 1.68. The monoisotopic (exact) mass is 228 g/mol. The van der Waals surface area contributed by atoms with Crippen molar-refractivity contribution in [2.45, 2.75) is 13.8 Å². The number of pyridine rings is 1. The first kappa shape index (κ1) is 11.4. The molecule has 1 aromatic carbocycles. The average molecular weight is 228 g/mol. The molecule has 0 atom stereocenters. The lowest BCUT2D eigenvalue weighted by atomic mass is 10.1. The Morgan fingerprint density at radius 3 is 2.53 bits per heavy atom. The van der Waals surface area contributed by atoms with E-state index in [0.717, 1.165) is 11.5 Å². The molecule has 88 valence electrons. The maximum Gasteiger partial charge on any atom is 0.142 e. The van der Waals surface area contributed by atoms with Crippen molar-refractivity contribution < 1.29 is 0 Å². The molecule has 2 rings (SSSR count). The number of rotatable bonds is 3. The predicted octanol–water partition coefficient (Wildman–Crippen LogP) is 2.73. The highest BCUT2D eigenvalue weighted by Crippen LogP contribution is 2.20. The van der Waals surface area contributed by atoms with E-state index in [-0.39, 0.29) is 0 Å². The minimum atomic E-state index is 0.639. The number of hydrogen-bond donors (Lipinski definition) is 3. The zero-order valence-electron chi connectivity index (χ0n) is 9.99. The van der Waals surface area contributed by atoms with Gasteiger partial charge in [-0.15, -0.1) is 0 Å². The van der Waals surface area contributed by atoms with Crippen molar-refractivity contribution in [1.82, 2.24) is 4.98 Å². The normalized spacial score (nSPS) is 10.1. The number of hydrazine groups is 1. The van der Waals surface area contributed by atoms with E-state index < -0.39 is 0 Å². The van der Waals surface area contributed by atoms with Crippen LogP contribution >= 0.6 is 0 Å². The van der Waals surface area contributed by atoms with E-state index >= 15 is 0 Å². The molecule has 4 heteroatoms. The molecule has 17 heavy (non-hydrogen) atoms. The van der Waals surface area contributed by atoms with Gasteiger partial charge in [0.2, 0.25) is 0 Å². The highest BCUT2D eigenvalue weighted by Gasteiger charge is 2.00. The van der Waals surface area contributed by atoms with Crippen LogP contribution in [0, 0.1) is 13.8 Å². The Labute approximate surface area is 101 Å². The number of nitrogens with one attached hydrogen (secondary N) is 2. The van der Waals surface area contributed by atoms with Gasteiger partial charge in [0.05, 0.1) is 0 Å². The second-order valence-corrected chi connectivity index (χ2v) is 4.00. The Kier molecular flexibility index (Phi) is 3.25. The summed E-state index contributed by atoms with van der Waals surface area (Å²) in [7, 11) is 0. The van der Waals surface area contributed by atoms with E-state index in [9.17, 15) is 0 Å². The van der Waals surface area contributed by atoms with Crippen molar-refractivity contribution in [2.24, 2.45) is 5.84 Å². The average Bonchev–Trinajstić information content (AvgIpc) is 2.33. The fourth-order valence-electron chi connectivity index (χ4n) is 1.68. The van der Waals surface area contributed by atoms with Crippen molar-refractivity contribution in [3.63, 3.8) is 0 Å². The zero-order valence-corrected chi connectivity index (χ0v) is 9.99. The molecule has 4 nitrogen and oxygen atoms in total. The van der Waals surface area contributed by atoms with Gasteiger partial charge in [0.15, 0.2) is 0 Å². The SMILES string of the molecule is Cc1ccc(Nc2cccc(NN)n2)c(C)c1. The molecule has 1 aromatic heterocycles. The standard InChI is InChI=1S/C13H16N4/c1-9-6-7-11(10(2)8-9)15-12-4-3-5-13(16-12)17-14/h3-8H,14H2,1-2H3,(H2,15,16,17). The topological polar surface area (TPSA) is 63.0 Å². The molecule has 0 unspecified atom stereocenters. The molecular formula is C13H16N4. The van der Waals surface area contributed by atoms with Crippen molar-refractivity contribution in [2.75, 3.05) is 10.7 Å². The van der Waals surface area contributed by atoms with E-state index in [0.29, 0.717) is 5.82 Å². The molecule has 0 radical (unpaired) electrons. The van der Waals surface area contributed by atoms with Crippen LogP contribution in [0.5, 0.6) is 0 Å². The van der Waals surface area contributed by atoms with Crippen molar-refractivity contribution in [1.29, 1.82) is 0 Å². The number of nitrogens with zero attached hydrogens (tertiary/aromatic N) is 1. The van der Waals surface area contributed by atoms with Crippen LogP contribution in [0.3, 0.4) is 0 Å². The molecule has 0 fully saturated rings. The van der Waals surface area contributed by atoms with Gasteiger partial charge < -0.3 is 10.7 Å². The van der Waals surface area contributed by atoms with Gasteiger partial charge in [-0.2, -0.15) is 0 Å². The number of benzene rings is 1. The van der Waals surface area contributed by atoms with Crippen LogP contribution in [0.25, 0.3) is 0 Å². The number of nitrogen functional groups attached to an aromatic ring is 1. The smallest absolute Gasteiger partial charge is 0.142 e. The van der Waals surface area contributed by atoms with Gasteiger partial charge >= 0.3 is 0 Å². The first-order valence-corrected chi connectivity index (χ1v) is 5.47. The number of anilines is 3. The van der Waals surface area contributed by atoms with E-state index in [1.165, 1.54) is 11.1 Å². The lowest BCUT2D eigenvalue weighted by Crippen LogP contribution is -2.09. The Hall–Kier alpha value is -2.07. The van der Waals surface area contributed by atoms with Crippen LogP contribution in [0.2, 0.25) is 0 Å². The summed E-state index contributed by atoms with van der Waals surface area (Å²) in [5, 5.41) is 3.27. The minimum Gasteiger partial charge on any atom is -0.340 e. The molecular weight excluding hydrogens is 212 g/mol. The highest BCUT2D eigenvalue weighted by atomic mass is 15.3. The van der Waals surface area contributed by atoms with Gasteiger partial charge in [0.1, 0.15) is 11.6 Å². The Balaban J connectivity index is 2.25. The third kappa shape index (κ3) is 2.73. The minimum absolute atomic E-state index is 0.639. The summed E-state index contributed by atoms with van der Waals surface area (Å²) < 4.78 is 0. The molecule has 0 aliphatic rings. The van der Waals surface area contributed by atoms with Crippen LogP contribution in [-0.4, -0.2) is 4.98 Å². The maximum absolute atomic E-state index is 5.32. The van der Waals surface area contributed by atoms with Crippen LogP contribution in [-0.2, 0) is 0 Å². The number of aromatic nitrogens is 1. The van der Waals surface area contributed by atoms with E-state index in [1.54, 1.807) is 0 Å². The number of hydrogen-bond acceptors (Lipinski definition) is 4. The Morgan fingerprint density at radius 1 is 1.06 bits per heavy atom. The summed E-state index contributed by atoms with van der Waals surface area (Å²) >= 11 is 0. The summed E-state index contributed by atoms with van der Waals surface area (Å²) in [4.78, 5) is 4.30. The van der Waals surface area contributed by atoms with Gasteiger partial charge in [-0.1, -0.05) is 23.8 Å². The number of nitrogens with two attached hydrogens (primary N) is 1. The van der Waals surface area contributed by atoms with Gasteiger partial charge in [0, 0.05) is 5.69 Å². The second-order valence-electron chi connectivity index (χ2n) is 4.00. The molecule has 0 saturated heterocycles. The van der Waals surface area contributed by atoms with Crippen molar-refractivity contribution in [3.8, 4) is 0 Å². The van der Waals surface area contributed by atoms with Crippen LogP contribution < -0.4 is 16.6 Å². The van der Waals surface area contributed by atoms with Crippen LogP contribution in [0.1, 0.15) is 11.1 Å². The zero-order chi connectivity index (χ0) is 12.3. The molecule has 0 bridgehead atoms. The van der Waals surface area contributed by atoms with E-state index in [1.807, 2.05) is 18.2 Å². The van der Waals surface area contributed by atoms with E-state index in [2.05, 4.69) is 47.8 Å². The first-order chi connectivity index (χ1) is 8.19. The van der Waals surface area contributed by atoms with Crippen LogP contribution in [0.4, 0.5) is 17.3 Å². The molecule has 0 aliphatic carbocycles. The second kappa shape index (κ2) is 4.84. The molecule has 4 N–H and O–H groups in total. The summed E-state index contributed by atoms with van der Waals surface area (Å²) in [6, 6.07) is 11.9. The maximum atomic E-state index is 5.32. The lowest BCUT2D eigenvalue weighted by molar-refractivity contribution is 1.22. The van der Waals surface area contributed by atoms with E-state index in [4.69, 9.17) is 5.84 Å². The quantitative estimate of drug-likeness (QED) is 0.558. The summed E-state index contributed by atoms with van der Waals surface area (Å²) in [5.41, 5.74) is 6.02. The van der Waals surface area contributed by atoms with Crippen LogP contribution in [0.15, 0.2) is 36.4 Å². The molecule has 0 amide bonds. The Morgan fingerprint density at radius 2 is 1.82 bits per heavy atom. The van der Waals surface area contributed by atoms with Gasteiger partial charge in [-0.25, -0.2) is 10.8 Å². The lowest BCUT2D eigenvalue weighted by Gasteiger charge is -2.10. The molecule has 2 aromatic rings. The van der Waals surface area contributed by atoms with Gasteiger partial charge in [0.25, 0.3) is 0 Å². The Bertz CT molecular complexity index is 523. The summed E-state index contributed by atoms with van der Waals surface area (Å²) in [6.45, 7) is 4.15. The van der Waals surface area contributed by atoms with Gasteiger partial charge in [-0.3, -0.25) is 0 Å². The molecule has 0 spiro atoms. The summed E-state index contributed by atoms with van der Waals surface area (Å²) in [5.74, 6) is 6.73.